The van der Waals surface area contributed by atoms with Gasteiger partial charge < -0.3 is 15.8 Å². The number of hydrogen-bond acceptors (Lipinski definition) is 7. The zero-order valence-electron chi connectivity index (χ0n) is 11.0. The third-order valence-corrected chi connectivity index (χ3v) is 3.46. The predicted octanol–water partition coefficient (Wildman–Crippen LogP) is 1.45. The topological polar surface area (TPSA) is 96.1 Å². The van der Waals surface area contributed by atoms with Crippen LogP contribution in [0.25, 0.3) is 0 Å². The summed E-state index contributed by atoms with van der Waals surface area (Å²) in [5.74, 6) is 6.66. The molecule has 7 heteroatoms. The molecule has 1 aromatic rings. The van der Waals surface area contributed by atoms with Crippen LogP contribution in [-0.2, 0) is 0 Å². The first-order chi connectivity index (χ1) is 8.56. The molecule has 0 aliphatic rings. The minimum Gasteiger partial charge on any atom is -0.396 e. The number of aliphatic hydroxyl groups is 1. The van der Waals surface area contributed by atoms with Crippen molar-refractivity contribution in [3.8, 4) is 0 Å². The Morgan fingerprint density at radius 1 is 1.44 bits per heavy atom. The standard InChI is InChI=1S/C11H21N5OS/c1-4-11(2,5-6-17)15-8-7-9(16-12)14-10(13-8)18-3/h7,17H,4-6,12H2,1-3H3,(H2,13,14,15,16). The Kier molecular flexibility index (Phi) is 5.64. The monoisotopic (exact) mass is 271 g/mol. The summed E-state index contributed by atoms with van der Waals surface area (Å²) in [5.41, 5.74) is 2.33. The summed E-state index contributed by atoms with van der Waals surface area (Å²) >= 11 is 1.45. The van der Waals surface area contributed by atoms with Gasteiger partial charge in [-0.1, -0.05) is 18.7 Å². The molecule has 0 radical (unpaired) electrons. The highest BCUT2D eigenvalue weighted by molar-refractivity contribution is 7.98. The molecule has 1 rings (SSSR count). The van der Waals surface area contributed by atoms with Crippen LogP contribution in [-0.4, -0.2) is 33.5 Å². The smallest absolute Gasteiger partial charge is 0.191 e. The average molecular weight is 271 g/mol. The van der Waals surface area contributed by atoms with Crippen molar-refractivity contribution < 1.29 is 5.11 Å². The first-order valence-corrected chi connectivity index (χ1v) is 7.08. The van der Waals surface area contributed by atoms with E-state index in [1.54, 1.807) is 6.07 Å². The van der Waals surface area contributed by atoms with Crippen LogP contribution >= 0.6 is 11.8 Å². The number of thioether (sulfide) groups is 1. The molecule has 0 aromatic carbocycles. The first-order valence-electron chi connectivity index (χ1n) is 5.85. The van der Waals surface area contributed by atoms with Gasteiger partial charge in [-0.2, -0.15) is 0 Å². The van der Waals surface area contributed by atoms with Gasteiger partial charge in [-0.25, -0.2) is 15.8 Å². The SMILES string of the molecule is CCC(C)(CCO)Nc1cc(NN)nc(SC)n1. The molecule has 18 heavy (non-hydrogen) atoms. The fourth-order valence-electron chi connectivity index (χ4n) is 1.54. The van der Waals surface area contributed by atoms with E-state index in [2.05, 4.69) is 34.6 Å². The molecule has 0 saturated heterocycles. The number of nitrogens with zero attached hydrogens (tertiary/aromatic N) is 2. The van der Waals surface area contributed by atoms with Crippen molar-refractivity contribution in [2.45, 2.75) is 37.4 Å². The molecule has 0 fully saturated rings. The number of hydrogen-bond donors (Lipinski definition) is 4. The van der Waals surface area contributed by atoms with Crippen molar-refractivity contribution in [3.05, 3.63) is 6.07 Å². The van der Waals surface area contributed by atoms with Crippen LogP contribution in [0, 0.1) is 0 Å². The number of nitrogen functional groups attached to an aromatic ring is 1. The molecule has 102 valence electrons. The van der Waals surface area contributed by atoms with Gasteiger partial charge in [0.2, 0.25) is 0 Å². The minimum absolute atomic E-state index is 0.139. The number of hydrazine groups is 1. The number of aromatic nitrogens is 2. The Balaban J connectivity index is 2.94. The maximum Gasteiger partial charge on any atom is 0.191 e. The van der Waals surface area contributed by atoms with E-state index in [-0.39, 0.29) is 12.1 Å². The van der Waals surface area contributed by atoms with E-state index in [1.165, 1.54) is 11.8 Å². The molecule has 5 N–H and O–H groups in total. The number of nitrogens with one attached hydrogen (secondary N) is 2. The molecule has 0 amide bonds. The molecule has 6 nitrogen and oxygen atoms in total. The Hall–Kier alpha value is -1.05. The number of anilines is 2. The summed E-state index contributed by atoms with van der Waals surface area (Å²) in [5, 5.41) is 13.1. The van der Waals surface area contributed by atoms with E-state index in [9.17, 15) is 0 Å². The number of nitrogens with two attached hydrogens (primary N) is 1. The molecule has 0 saturated carbocycles. The zero-order valence-corrected chi connectivity index (χ0v) is 11.8. The molecule has 0 aliphatic carbocycles. The van der Waals surface area contributed by atoms with E-state index in [1.807, 2.05) is 6.26 Å². The van der Waals surface area contributed by atoms with Crippen molar-refractivity contribution in [1.29, 1.82) is 0 Å². The molecular formula is C11H21N5OS. The van der Waals surface area contributed by atoms with Gasteiger partial charge in [0.15, 0.2) is 5.16 Å². The molecular weight excluding hydrogens is 250 g/mol. The molecule has 1 heterocycles. The largest absolute Gasteiger partial charge is 0.396 e. The van der Waals surface area contributed by atoms with Gasteiger partial charge in [0, 0.05) is 18.2 Å². The summed E-state index contributed by atoms with van der Waals surface area (Å²) in [7, 11) is 0. The van der Waals surface area contributed by atoms with Crippen LogP contribution < -0.4 is 16.6 Å². The number of rotatable bonds is 7. The quantitative estimate of drug-likeness (QED) is 0.258. The lowest BCUT2D eigenvalue weighted by atomic mass is 9.95. The summed E-state index contributed by atoms with van der Waals surface area (Å²) in [4.78, 5) is 8.58. The van der Waals surface area contributed by atoms with Crippen LogP contribution in [0.3, 0.4) is 0 Å². The van der Waals surface area contributed by atoms with Crippen molar-refractivity contribution in [2.75, 3.05) is 23.6 Å². The summed E-state index contributed by atoms with van der Waals surface area (Å²) in [6, 6.07) is 1.75. The lowest BCUT2D eigenvalue weighted by Crippen LogP contribution is -2.35. The summed E-state index contributed by atoms with van der Waals surface area (Å²) in [6.07, 6.45) is 3.46. The maximum absolute atomic E-state index is 9.10. The normalized spacial score (nSPS) is 14.1. The highest BCUT2D eigenvalue weighted by Gasteiger charge is 2.22. The average Bonchev–Trinajstić information content (AvgIpc) is 2.38. The van der Waals surface area contributed by atoms with Crippen LogP contribution in [0.1, 0.15) is 26.7 Å². The van der Waals surface area contributed by atoms with Crippen molar-refractivity contribution in [2.24, 2.45) is 5.84 Å². The van der Waals surface area contributed by atoms with E-state index in [4.69, 9.17) is 10.9 Å². The Bertz CT molecular complexity index is 367. The minimum atomic E-state index is -0.190. The van der Waals surface area contributed by atoms with Gasteiger partial charge in [-0.05, 0) is 26.0 Å². The van der Waals surface area contributed by atoms with Crippen molar-refractivity contribution >= 4 is 23.4 Å². The van der Waals surface area contributed by atoms with E-state index < -0.39 is 0 Å². The Morgan fingerprint density at radius 2 is 2.11 bits per heavy atom. The lowest BCUT2D eigenvalue weighted by Gasteiger charge is -2.29. The second kappa shape index (κ2) is 6.77. The lowest BCUT2D eigenvalue weighted by molar-refractivity contribution is 0.251. The van der Waals surface area contributed by atoms with Gasteiger partial charge in [-0.15, -0.1) is 0 Å². The Morgan fingerprint density at radius 3 is 2.61 bits per heavy atom. The van der Waals surface area contributed by atoms with Gasteiger partial charge in [0.25, 0.3) is 0 Å². The molecule has 0 spiro atoms. The van der Waals surface area contributed by atoms with Crippen LogP contribution in [0.5, 0.6) is 0 Å². The van der Waals surface area contributed by atoms with Gasteiger partial charge in [-0.3, -0.25) is 0 Å². The van der Waals surface area contributed by atoms with Crippen LogP contribution in [0.4, 0.5) is 11.6 Å². The second-order valence-electron chi connectivity index (χ2n) is 4.28. The third-order valence-electron chi connectivity index (χ3n) is 2.91. The fraction of sp³-hybridized carbons (Fsp3) is 0.636. The fourth-order valence-corrected chi connectivity index (χ4v) is 1.92. The van der Waals surface area contributed by atoms with Gasteiger partial charge in [0.05, 0.1) is 0 Å². The van der Waals surface area contributed by atoms with Crippen molar-refractivity contribution in [3.63, 3.8) is 0 Å². The first kappa shape index (κ1) is 15.0. The molecule has 0 bridgehead atoms. The number of aliphatic hydroxyl groups excluding tert-OH is 1. The summed E-state index contributed by atoms with van der Waals surface area (Å²) < 4.78 is 0. The third kappa shape index (κ3) is 4.01. The summed E-state index contributed by atoms with van der Waals surface area (Å²) in [6.45, 7) is 4.26. The molecule has 1 aromatic heterocycles. The van der Waals surface area contributed by atoms with Crippen LogP contribution in [0.2, 0.25) is 0 Å². The van der Waals surface area contributed by atoms with E-state index in [0.29, 0.717) is 23.2 Å². The maximum atomic E-state index is 9.10. The van der Waals surface area contributed by atoms with E-state index in [0.717, 1.165) is 6.42 Å². The predicted molar refractivity (Wildman–Crippen MR) is 75.6 cm³/mol. The van der Waals surface area contributed by atoms with Gasteiger partial charge in [0.1, 0.15) is 11.6 Å². The van der Waals surface area contributed by atoms with Gasteiger partial charge >= 0.3 is 0 Å². The van der Waals surface area contributed by atoms with E-state index >= 15 is 0 Å². The highest BCUT2D eigenvalue weighted by Crippen LogP contribution is 2.23. The molecule has 1 atom stereocenters. The zero-order chi connectivity index (χ0) is 13.6. The highest BCUT2D eigenvalue weighted by atomic mass is 32.2. The van der Waals surface area contributed by atoms with Crippen LogP contribution in [0.15, 0.2) is 11.2 Å². The molecule has 1 unspecified atom stereocenters. The second-order valence-corrected chi connectivity index (χ2v) is 5.06. The van der Waals surface area contributed by atoms with Crippen molar-refractivity contribution in [1.82, 2.24) is 9.97 Å². The molecule has 0 aliphatic heterocycles. The Labute approximate surface area is 112 Å².